The molecule has 0 atom stereocenters. The van der Waals surface area contributed by atoms with Crippen LogP contribution in [0.25, 0.3) is 0 Å². The maximum atomic E-state index is 4.09. The van der Waals surface area contributed by atoms with E-state index in [0.29, 0.717) is 5.95 Å². The molecule has 0 fully saturated rings. The molecule has 0 saturated carbocycles. The van der Waals surface area contributed by atoms with Gasteiger partial charge in [0, 0.05) is 25.1 Å². The molecule has 1 aromatic heterocycles. The first-order valence-corrected chi connectivity index (χ1v) is 3.69. The number of rotatable bonds is 1. The second-order valence-electron chi connectivity index (χ2n) is 2.35. The van der Waals surface area contributed by atoms with E-state index in [1.54, 1.807) is 31.0 Å². The van der Waals surface area contributed by atoms with Gasteiger partial charge in [-0.05, 0) is 12.1 Å². The van der Waals surface area contributed by atoms with Gasteiger partial charge in [0.1, 0.15) is 0 Å². The van der Waals surface area contributed by atoms with E-state index in [9.17, 15) is 0 Å². The van der Waals surface area contributed by atoms with Gasteiger partial charge in [-0.25, -0.2) is 15.0 Å². The number of hydrogen-bond donors (Lipinski definition) is 0. The summed E-state index contributed by atoms with van der Waals surface area (Å²) in [6.07, 6.45) is 8.87. The molecule has 0 N–H and O–H groups in total. The minimum absolute atomic E-state index is 0.686. The Morgan fingerprint density at radius 1 is 1.25 bits per heavy atom. The third-order valence-corrected chi connectivity index (χ3v) is 1.51. The van der Waals surface area contributed by atoms with Gasteiger partial charge >= 0.3 is 0 Å². The number of nitrogens with zero attached hydrogens (tertiary/aromatic N) is 4. The molecule has 0 spiro atoms. The van der Waals surface area contributed by atoms with Crippen molar-refractivity contribution in [1.29, 1.82) is 0 Å². The fourth-order valence-electron chi connectivity index (χ4n) is 0.960. The molecule has 2 rings (SSSR count). The van der Waals surface area contributed by atoms with E-state index in [4.69, 9.17) is 0 Å². The first kappa shape index (κ1) is 6.97. The van der Waals surface area contributed by atoms with E-state index < -0.39 is 0 Å². The maximum Gasteiger partial charge on any atom is 0.230 e. The van der Waals surface area contributed by atoms with Crippen LogP contribution in [-0.4, -0.2) is 22.9 Å². The molecule has 0 unspecified atom stereocenters. The van der Waals surface area contributed by atoms with Gasteiger partial charge in [0.2, 0.25) is 5.95 Å². The average Bonchev–Trinajstić information content (AvgIpc) is 2.21. The Bertz CT molecular complexity index is 304. The van der Waals surface area contributed by atoms with Gasteiger partial charge in [0.05, 0.1) is 6.34 Å². The molecule has 4 nitrogen and oxygen atoms in total. The molecule has 2 heterocycles. The number of anilines is 1. The molecule has 1 aromatic rings. The average molecular weight is 160 g/mol. The summed E-state index contributed by atoms with van der Waals surface area (Å²) in [6, 6.07) is 1.79. The summed E-state index contributed by atoms with van der Waals surface area (Å²) in [7, 11) is 0. The molecule has 1 aliphatic heterocycles. The van der Waals surface area contributed by atoms with E-state index in [2.05, 4.69) is 15.0 Å². The van der Waals surface area contributed by atoms with Crippen LogP contribution in [0.1, 0.15) is 0 Å². The second-order valence-corrected chi connectivity index (χ2v) is 2.35. The maximum absolute atomic E-state index is 4.09. The van der Waals surface area contributed by atoms with Crippen molar-refractivity contribution in [3.8, 4) is 0 Å². The third-order valence-electron chi connectivity index (χ3n) is 1.51. The van der Waals surface area contributed by atoms with Crippen molar-refractivity contribution in [2.45, 2.75) is 0 Å². The van der Waals surface area contributed by atoms with Gasteiger partial charge < -0.3 is 0 Å². The highest BCUT2D eigenvalue weighted by atomic mass is 15.3. The summed E-state index contributed by atoms with van der Waals surface area (Å²) >= 11 is 0. The van der Waals surface area contributed by atoms with Gasteiger partial charge in [-0.3, -0.25) is 4.90 Å². The van der Waals surface area contributed by atoms with Crippen molar-refractivity contribution in [2.24, 2.45) is 4.99 Å². The minimum atomic E-state index is 0.686. The van der Waals surface area contributed by atoms with Crippen LogP contribution >= 0.6 is 0 Å². The summed E-state index contributed by atoms with van der Waals surface area (Å²) in [5, 5.41) is 0. The van der Waals surface area contributed by atoms with Crippen LogP contribution in [0.4, 0.5) is 5.95 Å². The van der Waals surface area contributed by atoms with Crippen LogP contribution in [-0.2, 0) is 0 Å². The van der Waals surface area contributed by atoms with E-state index in [-0.39, 0.29) is 0 Å². The Labute approximate surface area is 70.3 Å². The Morgan fingerprint density at radius 3 is 2.75 bits per heavy atom. The monoisotopic (exact) mass is 160 g/mol. The van der Waals surface area contributed by atoms with E-state index in [1.165, 1.54) is 0 Å². The smallest absolute Gasteiger partial charge is 0.230 e. The van der Waals surface area contributed by atoms with Crippen LogP contribution < -0.4 is 4.90 Å². The molecule has 0 amide bonds. The molecule has 0 saturated heterocycles. The lowest BCUT2D eigenvalue weighted by atomic mass is 10.5. The minimum Gasteiger partial charge on any atom is -0.297 e. The number of hydrogen-bond acceptors (Lipinski definition) is 4. The fourth-order valence-corrected chi connectivity index (χ4v) is 0.960. The SMILES string of the molecule is C1=CN=CN(c2ncccn2)C1. The van der Waals surface area contributed by atoms with E-state index in [0.717, 1.165) is 6.54 Å². The quantitative estimate of drug-likeness (QED) is 0.611. The predicted octanol–water partition coefficient (Wildman–Crippen LogP) is 0.839. The molecule has 1 aliphatic rings. The van der Waals surface area contributed by atoms with E-state index in [1.807, 2.05) is 11.0 Å². The molecule has 60 valence electrons. The predicted molar refractivity (Wildman–Crippen MR) is 47.0 cm³/mol. The van der Waals surface area contributed by atoms with Crippen molar-refractivity contribution in [3.05, 3.63) is 30.7 Å². The van der Waals surface area contributed by atoms with Crippen LogP contribution in [0, 0.1) is 0 Å². The zero-order chi connectivity index (χ0) is 8.23. The standard InChI is InChI=1S/C8H8N4/c1-4-10-8(11-5-1)12-6-2-3-9-7-12/h1-5,7H,6H2. The highest BCUT2D eigenvalue weighted by Gasteiger charge is 2.04. The molecule has 0 aromatic carbocycles. The summed E-state index contributed by atoms with van der Waals surface area (Å²) in [5.41, 5.74) is 0. The number of aliphatic imine (C=N–C) groups is 1. The van der Waals surface area contributed by atoms with Crippen LogP contribution in [0.3, 0.4) is 0 Å². The van der Waals surface area contributed by atoms with Gasteiger partial charge in [-0.1, -0.05) is 0 Å². The lowest BCUT2D eigenvalue weighted by Gasteiger charge is -2.15. The lowest BCUT2D eigenvalue weighted by molar-refractivity contribution is 1.01. The largest absolute Gasteiger partial charge is 0.297 e. The van der Waals surface area contributed by atoms with Gasteiger partial charge in [-0.15, -0.1) is 0 Å². The topological polar surface area (TPSA) is 41.4 Å². The lowest BCUT2D eigenvalue weighted by Crippen LogP contribution is -2.24. The molecule has 0 bridgehead atoms. The second kappa shape index (κ2) is 3.13. The van der Waals surface area contributed by atoms with E-state index >= 15 is 0 Å². The van der Waals surface area contributed by atoms with Gasteiger partial charge in [0.15, 0.2) is 0 Å². The summed E-state index contributed by atoms with van der Waals surface area (Å²) in [6.45, 7) is 0.785. The van der Waals surface area contributed by atoms with Gasteiger partial charge in [0.25, 0.3) is 0 Å². The first-order chi connectivity index (χ1) is 5.97. The molecule has 4 heteroatoms. The zero-order valence-corrected chi connectivity index (χ0v) is 6.46. The van der Waals surface area contributed by atoms with Crippen molar-refractivity contribution in [2.75, 3.05) is 11.4 Å². The molecule has 0 aliphatic carbocycles. The van der Waals surface area contributed by atoms with Crippen molar-refractivity contribution < 1.29 is 0 Å². The number of aromatic nitrogens is 2. The van der Waals surface area contributed by atoms with Crippen molar-refractivity contribution in [1.82, 2.24) is 9.97 Å². The Morgan fingerprint density at radius 2 is 2.08 bits per heavy atom. The van der Waals surface area contributed by atoms with Crippen LogP contribution in [0.15, 0.2) is 35.7 Å². The molecular weight excluding hydrogens is 152 g/mol. The summed E-state index contributed by atoms with van der Waals surface area (Å²) in [5.74, 6) is 0.686. The Balaban J connectivity index is 2.21. The van der Waals surface area contributed by atoms with Crippen LogP contribution in [0.2, 0.25) is 0 Å². The van der Waals surface area contributed by atoms with Gasteiger partial charge in [-0.2, -0.15) is 0 Å². The fraction of sp³-hybridized carbons (Fsp3) is 0.125. The Hall–Kier alpha value is -1.71. The third kappa shape index (κ3) is 1.32. The summed E-state index contributed by atoms with van der Waals surface area (Å²) in [4.78, 5) is 14.0. The summed E-state index contributed by atoms with van der Waals surface area (Å²) < 4.78 is 0. The normalized spacial score (nSPS) is 15.2. The highest BCUT2D eigenvalue weighted by molar-refractivity contribution is 5.77. The highest BCUT2D eigenvalue weighted by Crippen LogP contribution is 2.04. The Kier molecular flexibility index (Phi) is 1.82. The van der Waals surface area contributed by atoms with Crippen LogP contribution in [0.5, 0.6) is 0 Å². The zero-order valence-electron chi connectivity index (χ0n) is 6.46. The van der Waals surface area contributed by atoms with Crippen molar-refractivity contribution >= 4 is 12.3 Å². The molecule has 0 radical (unpaired) electrons. The van der Waals surface area contributed by atoms with Crippen molar-refractivity contribution in [3.63, 3.8) is 0 Å². The molecular formula is C8H8N4. The molecule has 12 heavy (non-hydrogen) atoms. The first-order valence-electron chi connectivity index (χ1n) is 3.69.